The summed E-state index contributed by atoms with van der Waals surface area (Å²) in [5.41, 5.74) is 2.22. The summed E-state index contributed by atoms with van der Waals surface area (Å²) in [7, 11) is 0. The molecule has 210 valence electrons. The Kier molecular flexibility index (Phi) is 6.65. The lowest BCUT2D eigenvalue weighted by Crippen LogP contribution is -2.29. The molecule has 11 nitrogen and oxygen atoms in total. The summed E-state index contributed by atoms with van der Waals surface area (Å²) >= 11 is 3.80. The van der Waals surface area contributed by atoms with Crippen LogP contribution in [0.4, 0.5) is 17.1 Å². The quantitative estimate of drug-likeness (QED) is 0.0948. The third kappa shape index (κ3) is 5.11. The molecule has 2 aromatic heterocycles. The summed E-state index contributed by atoms with van der Waals surface area (Å²) in [5.74, 6) is -0.619. The van der Waals surface area contributed by atoms with Gasteiger partial charge in [-0.15, -0.1) is 11.3 Å². The van der Waals surface area contributed by atoms with Crippen LogP contribution < -0.4 is 10.2 Å². The number of furan rings is 1. The number of aromatic nitrogens is 1. The summed E-state index contributed by atoms with van der Waals surface area (Å²) < 4.78 is 7.41. The SMILES string of the molecule is O=C1NC(=Nc2cccc([N+](=O)[O-])c2)S/C1=C\c1ccc(Sc2nc3ccc(N4C(=O)c5ccccc5C4=O)cc3s2)o1. The van der Waals surface area contributed by atoms with Crippen molar-refractivity contribution >= 4 is 91.1 Å². The highest BCUT2D eigenvalue weighted by Gasteiger charge is 2.36. The first-order valence-electron chi connectivity index (χ1n) is 12.5. The van der Waals surface area contributed by atoms with Gasteiger partial charge in [0, 0.05) is 18.2 Å². The number of imide groups is 1. The number of amidine groups is 1. The Morgan fingerprint density at radius 3 is 2.53 bits per heavy atom. The fourth-order valence-electron chi connectivity index (χ4n) is 4.45. The minimum Gasteiger partial charge on any atom is -0.450 e. The molecular formula is C29H15N5O6S3. The van der Waals surface area contributed by atoms with Crippen molar-refractivity contribution in [2.24, 2.45) is 4.99 Å². The van der Waals surface area contributed by atoms with Crippen LogP contribution in [-0.4, -0.2) is 32.8 Å². The number of hydrogen-bond donors (Lipinski definition) is 1. The van der Waals surface area contributed by atoms with Crippen LogP contribution in [0.5, 0.6) is 0 Å². The molecule has 0 unspecified atom stereocenters. The van der Waals surface area contributed by atoms with Crippen LogP contribution in [-0.2, 0) is 4.79 Å². The summed E-state index contributed by atoms with van der Waals surface area (Å²) in [6.07, 6.45) is 1.59. The largest absolute Gasteiger partial charge is 0.450 e. The fraction of sp³-hybridized carbons (Fsp3) is 0. The van der Waals surface area contributed by atoms with Crippen molar-refractivity contribution in [1.82, 2.24) is 10.3 Å². The van der Waals surface area contributed by atoms with Gasteiger partial charge >= 0.3 is 0 Å². The number of nitro groups is 1. The van der Waals surface area contributed by atoms with Crippen LogP contribution in [0.15, 0.2) is 103 Å². The van der Waals surface area contributed by atoms with Crippen molar-refractivity contribution in [3.05, 3.63) is 111 Å². The molecule has 2 aliphatic rings. The molecule has 0 bridgehead atoms. The molecule has 1 fully saturated rings. The zero-order chi connectivity index (χ0) is 29.7. The highest BCUT2D eigenvalue weighted by molar-refractivity contribution is 8.18. The van der Waals surface area contributed by atoms with Gasteiger partial charge in [0.05, 0.1) is 42.5 Å². The number of aliphatic imine (C=N–C) groups is 1. The van der Waals surface area contributed by atoms with Crippen LogP contribution in [0.3, 0.4) is 0 Å². The van der Waals surface area contributed by atoms with E-state index in [9.17, 15) is 24.5 Å². The van der Waals surface area contributed by atoms with Gasteiger partial charge in [0.1, 0.15) is 5.76 Å². The Balaban J connectivity index is 1.06. The molecular weight excluding hydrogens is 611 g/mol. The highest BCUT2D eigenvalue weighted by atomic mass is 32.2. The Morgan fingerprint density at radius 2 is 1.77 bits per heavy atom. The number of nitrogens with zero attached hydrogens (tertiary/aromatic N) is 4. The monoisotopic (exact) mass is 625 g/mol. The van der Waals surface area contributed by atoms with Crippen LogP contribution >= 0.6 is 34.9 Å². The van der Waals surface area contributed by atoms with E-state index >= 15 is 0 Å². The van der Waals surface area contributed by atoms with Crippen molar-refractivity contribution in [3.63, 3.8) is 0 Å². The minimum atomic E-state index is -0.508. The lowest BCUT2D eigenvalue weighted by atomic mass is 10.1. The fourth-order valence-corrected chi connectivity index (χ4v) is 7.28. The molecule has 43 heavy (non-hydrogen) atoms. The predicted octanol–water partition coefficient (Wildman–Crippen LogP) is 6.64. The number of nitrogens with one attached hydrogen (secondary N) is 1. The molecule has 4 heterocycles. The topological polar surface area (TPSA) is 148 Å². The standard InChI is InChI=1S/C29H15N5O6S3/c35-25-23(41-28(32-25)30-15-4-3-5-17(12-15)34(38)39)14-18-9-11-24(40-18)43-29-31-21-10-8-16(13-22(21)42-29)33-26(36)19-6-1-2-7-20(19)27(33)37/h1-14H,(H,30,32,35)/b23-14-. The summed E-state index contributed by atoms with van der Waals surface area (Å²) in [4.78, 5) is 59.2. The number of benzene rings is 3. The van der Waals surface area contributed by atoms with Gasteiger partial charge in [-0.3, -0.25) is 24.5 Å². The number of amides is 3. The molecule has 0 spiro atoms. The van der Waals surface area contributed by atoms with Gasteiger partial charge in [0.25, 0.3) is 23.4 Å². The zero-order valence-corrected chi connectivity index (χ0v) is 24.0. The molecule has 1 saturated heterocycles. The predicted molar refractivity (Wildman–Crippen MR) is 164 cm³/mol. The molecule has 3 amide bonds. The lowest BCUT2D eigenvalue weighted by Gasteiger charge is -2.13. The van der Waals surface area contributed by atoms with Crippen molar-refractivity contribution in [3.8, 4) is 0 Å². The molecule has 1 N–H and O–H groups in total. The second-order valence-electron chi connectivity index (χ2n) is 9.14. The number of rotatable bonds is 6. The number of nitro benzene ring substituents is 1. The van der Waals surface area contributed by atoms with Crippen molar-refractivity contribution in [1.29, 1.82) is 0 Å². The van der Waals surface area contributed by atoms with Gasteiger partial charge in [-0.05, 0) is 72.1 Å². The smallest absolute Gasteiger partial charge is 0.271 e. The third-order valence-corrected chi connectivity index (χ3v) is 9.30. The van der Waals surface area contributed by atoms with Crippen molar-refractivity contribution in [2.75, 3.05) is 4.90 Å². The average Bonchev–Trinajstić information content (AvgIpc) is 3.75. The van der Waals surface area contributed by atoms with Gasteiger partial charge < -0.3 is 9.73 Å². The maximum Gasteiger partial charge on any atom is 0.271 e. The first kappa shape index (κ1) is 26.8. The number of thioether (sulfide) groups is 1. The molecule has 0 aliphatic carbocycles. The maximum atomic E-state index is 12.9. The second kappa shape index (κ2) is 10.7. The highest BCUT2D eigenvalue weighted by Crippen LogP contribution is 2.38. The van der Waals surface area contributed by atoms with Gasteiger partial charge in [0.15, 0.2) is 14.6 Å². The van der Waals surface area contributed by atoms with E-state index in [0.717, 1.165) is 22.0 Å². The molecule has 0 radical (unpaired) electrons. The van der Waals surface area contributed by atoms with Crippen LogP contribution in [0, 0.1) is 10.1 Å². The number of carbonyl (C=O) groups is 3. The van der Waals surface area contributed by atoms with Gasteiger partial charge in [-0.25, -0.2) is 14.9 Å². The number of carbonyl (C=O) groups excluding carboxylic acids is 3. The van der Waals surface area contributed by atoms with Crippen LogP contribution in [0.1, 0.15) is 26.5 Å². The first-order valence-corrected chi connectivity index (χ1v) is 15.0. The van der Waals surface area contributed by atoms with E-state index in [0.29, 0.717) is 47.8 Å². The van der Waals surface area contributed by atoms with E-state index in [1.54, 1.807) is 66.7 Å². The van der Waals surface area contributed by atoms with Gasteiger partial charge in [-0.1, -0.05) is 18.2 Å². The average molecular weight is 626 g/mol. The Labute approximate surface area is 254 Å². The molecule has 3 aromatic carbocycles. The second-order valence-corrected chi connectivity index (χ2v) is 12.5. The number of fused-ring (bicyclic) bond motifs is 2. The molecule has 2 aliphatic heterocycles. The number of anilines is 1. The number of hydrogen-bond acceptors (Lipinski definition) is 11. The Morgan fingerprint density at radius 1 is 0.977 bits per heavy atom. The minimum absolute atomic E-state index is 0.0936. The molecule has 7 rings (SSSR count). The maximum absolute atomic E-state index is 12.9. The van der Waals surface area contributed by atoms with Crippen molar-refractivity contribution < 1.29 is 23.7 Å². The normalized spacial score (nSPS) is 16.5. The summed E-state index contributed by atoms with van der Waals surface area (Å²) in [5, 5.41) is 14.5. The van der Waals surface area contributed by atoms with E-state index < -0.39 is 4.92 Å². The molecule has 5 aromatic rings. The zero-order valence-electron chi connectivity index (χ0n) is 21.5. The molecule has 0 saturated carbocycles. The third-order valence-electron chi connectivity index (χ3n) is 6.39. The summed E-state index contributed by atoms with van der Waals surface area (Å²) in [6.45, 7) is 0. The molecule has 14 heteroatoms. The first-order chi connectivity index (χ1) is 20.8. The van der Waals surface area contributed by atoms with Crippen LogP contribution in [0.2, 0.25) is 0 Å². The Bertz CT molecular complexity index is 2050. The Hall–Kier alpha value is -5.05. The van der Waals surface area contributed by atoms with Crippen LogP contribution in [0.25, 0.3) is 16.3 Å². The van der Waals surface area contributed by atoms with E-state index in [2.05, 4.69) is 15.3 Å². The van der Waals surface area contributed by atoms with E-state index in [1.807, 2.05) is 0 Å². The van der Waals surface area contributed by atoms with Crippen molar-refractivity contribution in [2.45, 2.75) is 9.43 Å². The van der Waals surface area contributed by atoms with E-state index in [1.165, 1.54) is 46.2 Å². The van der Waals surface area contributed by atoms with E-state index in [4.69, 9.17) is 4.42 Å². The van der Waals surface area contributed by atoms with Gasteiger partial charge in [0.2, 0.25) is 0 Å². The lowest BCUT2D eigenvalue weighted by molar-refractivity contribution is -0.384. The number of non-ortho nitro benzene ring substituents is 1. The summed E-state index contributed by atoms with van der Waals surface area (Å²) in [6, 6.07) is 21.3. The van der Waals surface area contributed by atoms with Gasteiger partial charge in [-0.2, -0.15) is 0 Å². The van der Waals surface area contributed by atoms with E-state index in [-0.39, 0.29) is 23.4 Å². The number of thiazole rings is 1. The molecule has 0 atom stereocenters.